The Bertz CT molecular complexity index is 675. The fourth-order valence-corrected chi connectivity index (χ4v) is 2.22. The van der Waals surface area contributed by atoms with Gasteiger partial charge in [0.1, 0.15) is 6.07 Å². The molecule has 1 N–H and O–H groups in total. The highest BCUT2D eigenvalue weighted by molar-refractivity contribution is 6.44. The normalized spacial score (nSPS) is 10.1. The third-order valence-electron chi connectivity index (χ3n) is 2.57. The van der Waals surface area contributed by atoms with Gasteiger partial charge in [0, 0.05) is 0 Å². The minimum absolute atomic E-state index is 0.391. The Morgan fingerprint density at radius 3 is 2.32 bits per heavy atom. The van der Waals surface area contributed by atoms with Crippen LogP contribution in [0, 0.1) is 18.3 Å². The first-order chi connectivity index (χ1) is 9.01. The molecule has 0 amide bonds. The number of nitrogens with one attached hydrogen (secondary N) is 1. The van der Waals surface area contributed by atoms with Gasteiger partial charge >= 0.3 is 0 Å². The molecule has 0 saturated carbocycles. The van der Waals surface area contributed by atoms with Gasteiger partial charge in [-0.15, -0.1) is 0 Å². The lowest BCUT2D eigenvalue weighted by molar-refractivity contribution is 1.41. The quantitative estimate of drug-likeness (QED) is 0.736. The van der Waals surface area contributed by atoms with Gasteiger partial charge in [-0.2, -0.15) is 5.26 Å². The zero-order valence-electron chi connectivity index (χ0n) is 9.97. The van der Waals surface area contributed by atoms with Crippen molar-refractivity contribution in [3.05, 3.63) is 56.5 Å². The molecule has 0 spiro atoms. The standard InChI is InChI=1S/C14H9Cl3N2/c1-8-2-3-9(7-18)13(4-8)19-14-6-11(16)10(15)5-12(14)17/h2-6,19H,1H3. The lowest BCUT2D eigenvalue weighted by Crippen LogP contribution is -1.95. The number of nitrogens with zero attached hydrogens (tertiary/aromatic N) is 1. The molecule has 0 unspecified atom stereocenters. The van der Waals surface area contributed by atoms with Crippen LogP contribution in [0.15, 0.2) is 30.3 Å². The van der Waals surface area contributed by atoms with Crippen molar-refractivity contribution >= 4 is 46.2 Å². The topological polar surface area (TPSA) is 35.8 Å². The van der Waals surface area contributed by atoms with Crippen LogP contribution in [-0.4, -0.2) is 0 Å². The van der Waals surface area contributed by atoms with Gasteiger partial charge in [-0.3, -0.25) is 0 Å². The predicted molar refractivity (Wildman–Crippen MR) is 80.6 cm³/mol. The Balaban J connectivity index is 2.45. The average molecular weight is 312 g/mol. The molecule has 0 radical (unpaired) electrons. The van der Waals surface area contributed by atoms with Gasteiger partial charge in [0.2, 0.25) is 0 Å². The van der Waals surface area contributed by atoms with Crippen molar-refractivity contribution < 1.29 is 0 Å². The van der Waals surface area contributed by atoms with E-state index in [1.807, 2.05) is 19.1 Å². The zero-order chi connectivity index (χ0) is 14.0. The Labute approximate surface area is 126 Å². The maximum absolute atomic E-state index is 9.09. The van der Waals surface area contributed by atoms with Gasteiger partial charge < -0.3 is 5.32 Å². The molecule has 2 nitrogen and oxygen atoms in total. The molecular formula is C14H9Cl3N2. The largest absolute Gasteiger partial charge is 0.353 e. The van der Waals surface area contributed by atoms with Crippen LogP contribution in [0.1, 0.15) is 11.1 Å². The highest BCUT2D eigenvalue weighted by Gasteiger charge is 2.08. The van der Waals surface area contributed by atoms with Gasteiger partial charge in [-0.05, 0) is 36.8 Å². The summed E-state index contributed by atoms with van der Waals surface area (Å²) in [5, 5.41) is 13.4. The van der Waals surface area contributed by atoms with Crippen molar-refractivity contribution in [1.29, 1.82) is 5.26 Å². The van der Waals surface area contributed by atoms with Crippen molar-refractivity contribution in [3.63, 3.8) is 0 Å². The number of halogens is 3. The van der Waals surface area contributed by atoms with Gasteiger partial charge in [-0.25, -0.2) is 0 Å². The van der Waals surface area contributed by atoms with Crippen LogP contribution in [0.4, 0.5) is 11.4 Å². The molecule has 0 heterocycles. The van der Waals surface area contributed by atoms with E-state index < -0.39 is 0 Å². The molecule has 0 fully saturated rings. The van der Waals surface area contributed by atoms with Crippen molar-refractivity contribution in [2.45, 2.75) is 6.92 Å². The smallest absolute Gasteiger partial charge is 0.101 e. The van der Waals surface area contributed by atoms with E-state index in [-0.39, 0.29) is 0 Å². The number of benzene rings is 2. The number of rotatable bonds is 2. The zero-order valence-corrected chi connectivity index (χ0v) is 12.2. The Kier molecular flexibility index (Phi) is 4.21. The molecule has 2 aromatic rings. The second kappa shape index (κ2) is 5.71. The molecule has 0 aromatic heterocycles. The summed E-state index contributed by atoms with van der Waals surface area (Å²) in [5.41, 5.74) is 2.87. The number of aryl methyl sites for hydroxylation is 1. The molecule has 0 aliphatic rings. The fraction of sp³-hybridized carbons (Fsp3) is 0.0714. The van der Waals surface area contributed by atoms with Gasteiger partial charge in [-0.1, -0.05) is 40.9 Å². The number of nitriles is 1. The molecule has 0 bridgehead atoms. The van der Waals surface area contributed by atoms with Crippen LogP contribution in [0.3, 0.4) is 0 Å². The highest BCUT2D eigenvalue weighted by Crippen LogP contribution is 2.34. The molecule has 5 heteroatoms. The second-order valence-electron chi connectivity index (χ2n) is 4.03. The Morgan fingerprint density at radius 2 is 1.63 bits per heavy atom. The summed E-state index contributed by atoms with van der Waals surface area (Å²) in [5.74, 6) is 0. The molecular weight excluding hydrogens is 303 g/mol. The SMILES string of the molecule is Cc1ccc(C#N)c(Nc2cc(Cl)c(Cl)cc2Cl)c1. The van der Waals surface area contributed by atoms with E-state index in [1.165, 1.54) is 0 Å². The van der Waals surface area contributed by atoms with E-state index in [9.17, 15) is 0 Å². The Morgan fingerprint density at radius 1 is 0.947 bits per heavy atom. The van der Waals surface area contributed by atoms with E-state index in [2.05, 4.69) is 11.4 Å². The maximum Gasteiger partial charge on any atom is 0.101 e. The van der Waals surface area contributed by atoms with E-state index in [0.29, 0.717) is 32.0 Å². The van der Waals surface area contributed by atoms with Crippen LogP contribution < -0.4 is 5.32 Å². The summed E-state index contributed by atoms with van der Waals surface area (Å²) in [6.45, 7) is 1.95. The minimum atomic E-state index is 0.391. The number of hydrogen-bond donors (Lipinski definition) is 1. The molecule has 2 rings (SSSR count). The fourth-order valence-electron chi connectivity index (χ4n) is 1.62. The van der Waals surface area contributed by atoms with Crippen molar-refractivity contribution in [3.8, 4) is 6.07 Å². The van der Waals surface area contributed by atoms with E-state index in [1.54, 1.807) is 18.2 Å². The lowest BCUT2D eigenvalue weighted by atomic mass is 10.1. The molecule has 19 heavy (non-hydrogen) atoms. The first-order valence-electron chi connectivity index (χ1n) is 5.43. The van der Waals surface area contributed by atoms with E-state index in [4.69, 9.17) is 40.1 Å². The summed E-state index contributed by atoms with van der Waals surface area (Å²) >= 11 is 17.9. The second-order valence-corrected chi connectivity index (χ2v) is 5.25. The van der Waals surface area contributed by atoms with Gasteiger partial charge in [0.05, 0.1) is 32.0 Å². The van der Waals surface area contributed by atoms with E-state index >= 15 is 0 Å². The minimum Gasteiger partial charge on any atom is -0.353 e. The molecule has 0 atom stereocenters. The molecule has 96 valence electrons. The molecule has 2 aromatic carbocycles. The monoisotopic (exact) mass is 310 g/mol. The summed E-state index contributed by atoms with van der Waals surface area (Å²) in [6.07, 6.45) is 0. The molecule has 0 aliphatic carbocycles. The number of anilines is 2. The van der Waals surface area contributed by atoms with Crippen LogP contribution in [0.2, 0.25) is 15.1 Å². The average Bonchev–Trinajstić information content (AvgIpc) is 2.36. The highest BCUT2D eigenvalue weighted by atomic mass is 35.5. The third-order valence-corrected chi connectivity index (χ3v) is 3.61. The van der Waals surface area contributed by atoms with Crippen LogP contribution in [0.25, 0.3) is 0 Å². The summed E-state index contributed by atoms with van der Waals surface area (Å²) in [4.78, 5) is 0. The summed E-state index contributed by atoms with van der Waals surface area (Å²) in [6, 6.07) is 10.8. The third kappa shape index (κ3) is 3.13. The first-order valence-corrected chi connectivity index (χ1v) is 6.57. The molecule has 0 aliphatic heterocycles. The van der Waals surface area contributed by atoms with Crippen molar-refractivity contribution in [2.75, 3.05) is 5.32 Å². The predicted octanol–water partition coefficient (Wildman–Crippen LogP) is 5.57. The van der Waals surface area contributed by atoms with Crippen molar-refractivity contribution in [1.82, 2.24) is 0 Å². The van der Waals surface area contributed by atoms with Crippen LogP contribution >= 0.6 is 34.8 Å². The van der Waals surface area contributed by atoms with Gasteiger partial charge in [0.15, 0.2) is 0 Å². The Hall–Kier alpha value is -1.40. The van der Waals surface area contributed by atoms with Crippen LogP contribution in [0.5, 0.6) is 0 Å². The first kappa shape index (κ1) is 14.0. The molecule has 0 saturated heterocycles. The van der Waals surface area contributed by atoms with E-state index in [0.717, 1.165) is 5.56 Å². The maximum atomic E-state index is 9.09. The summed E-state index contributed by atoms with van der Waals surface area (Å²) < 4.78 is 0. The van der Waals surface area contributed by atoms with Crippen molar-refractivity contribution in [2.24, 2.45) is 0 Å². The number of hydrogen-bond acceptors (Lipinski definition) is 2. The summed E-state index contributed by atoms with van der Waals surface area (Å²) in [7, 11) is 0. The van der Waals surface area contributed by atoms with Crippen LogP contribution in [-0.2, 0) is 0 Å². The lowest BCUT2D eigenvalue weighted by Gasteiger charge is -2.11. The van der Waals surface area contributed by atoms with Gasteiger partial charge in [0.25, 0.3) is 0 Å².